The number of carbonyl (C=O) groups excluding carboxylic acids is 1. The molecule has 1 aliphatic heterocycles. The molecule has 3 rings (SSSR count). The molecule has 0 radical (unpaired) electrons. The van der Waals surface area contributed by atoms with Crippen LogP contribution in [0.1, 0.15) is 30.4 Å². The Labute approximate surface area is 139 Å². The summed E-state index contributed by atoms with van der Waals surface area (Å²) < 4.78 is 77.1. The van der Waals surface area contributed by atoms with Crippen molar-refractivity contribution in [2.45, 2.75) is 31.6 Å². The van der Waals surface area contributed by atoms with E-state index in [1.54, 1.807) is 0 Å². The van der Waals surface area contributed by atoms with Crippen LogP contribution in [0.5, 0.6) is 0 Å². The Bertz CT molecular complexity index is 644. The van der Waals surface area contributed by atoms with Gasteiger partial charge in [-0.25, -0.2) is 0 Å². The van der Waals surface area contributed by atoms with Crippen molar-refractivity contribution < 1.29 is 31.1 Å². The van der Waals surface area contributed by atoms with Gasteiger partial charge in [-0.3, -0.25) is 4.79 Å². The van der Waals surface area contributed by atoms with Crippen molar-refractivity contribution in [1.82, 2.24) is 5.32 Å². The van der Waals surface area contributed by atoms with Crippen LogP contribution in [0.2, 0.25) is 0 Å². The molecule has 2 aliphatic rings. The number of hydrogen-bond donors (Lipinski definition) is 2. The van der Waals surface area contributed by atoms with Crippen LogP contribution in [0.15, 0.2) is 18.2 Å². The summed E-state index contributed by atoms with van der Waals surface area (Å²) in [6, 6.07) is 1.11. The summed E-state index contributed by atoms with van der Waals surface area (Å²) in [6.07, 6.45) is -7.69. The number of alkyl halides is 6. The highest BCUT2D eigenvalue weighted by Crippen LogP contribution is 2.58. The lowest BCUT2D eigenvalue weighted by Gasteiger charge is -2.23. The van der Waals surface area contributed by atoms with Gasteiger partial charge in [-0.2, -0.15) is 26.3 Å². The molecule has 1 amide bonds. The standard InChI is InChI=1S/C16H16F6N2O/c17-15(18,19)9-5-10(16(20,21)22)7-11(6-9)24-13(25)12-8-14(12)1-3-23-4-2-14/h5-7,12,23H,1-4,8H2,(H,24,25)/t12-/m0/s1. The maximum atomic E-state index is 12.8. The van der Waals surface area contributed by atoms with Crippen LogP contribution in [0, 0.1) is 11.3 Å². The molecular weight excluding hydrogens is 350 g/mol. The smallest absolute Gasteiger partial charge is 0.326 e. The van der Waals surface area contributed by atoms with Crippen molar-refractivity contribution in [3.05, 3.63) is 29.3 Å². The van der Waals surface area contributed by atoms with E-state index in [1.165, 1.54) is 0 Å². The second-order valence-corrected chi connectivity index (χ2v) is 6.65. The molecule has 1 aromatic carbocycles. The Morgan fingerprint density at radius 1 is 1.00 bits per heavy atom. The van der Waals surface area contributed by atoms with Gasteiger partial charge in [0.2, 0.25) is 5.91 Å². The molecule has 0 aromatic heterocycles. The van der Waals surface area contributed by atoms with Crippen molar-refractivity contribution in [3.63, 3.8) is 0 Å². The second-order valence-electron chi connectivity index (χ2n) is 6.65. The number of piperidine rings is 1. The molecule has 2 N–H and O–H groups in total. The van der Waals surface area contributed by atoms with Crippen molar-refractivity contribution in [2.75, 3.05) is 18.4 Å². The number of halogens is 6. The SMILES string of the molecule is O=C(Nc1cc(C(F)(F)F)cc(C(F)(F)F)c1)[C@@H]1CC12CCNCC2. The van der Waals surface area contributed by atoms with Crippen molar-refractivity contribution in [1.29, 1.82) is 0 Å². The van der Waals surface area contributed by atoms with Gasteiger partial charge in [0.15, 0.2) is 0 Å². The molecule has 9 heteroatoms. The summed E-state index contributed by atoms with van der Waals surface area (Å²) in [5, 5.41) is 5.40. The molecule has 0 bridgehead atoms. The zero-order valence-electron chi connectivity index (χ0n) is 13.0. The van der Waals surface area contributed by atoms with Gasteiger partial charge < -0.3 is 10.6 Å². The average molecular weight is 366 g/mol. The minimum Gasteiger partial charge on any atom is -0.326 e. The highest BCUT2D eigenvalue weighted by molar-refractivity contribution is 5.95. The maximum Gasteiger partial charge on any atom is 0.416 e. The summed E-state index contributed by atoms with van der Waals surface area (Å²) in [5.41, 5.74) is -3.53. The topological polar surface area (TPSA) is 41.1 Å². The molecule has 0 unspecified atom stereocenters. The third kappa shape index (κ3) is 3.75. The highest BCUT2D eigenvalue weighted by atomic mass is 19.4. The van der Waals surface area contributed by atoms with E-state index < -0.39 is 35.1 Å². The molecule has 2 fully saturated rings. The molecule has 1 aromatic rings. The Morgan fingerprint density at radius 3 is 2.00 bits per heavy atom. The van der Waals surface area contributed by atoms with E-state index in [4.69, 9.17) is 0 Å². The number of anilines is 1. The van der Waals surface area contributed by atoms with E-state index >= 15 is 0 Å². The van der Waals surface area contributed by atoms with Gasteiger partial charge in [0, 0.05) is 11.6 Å². The summed E-state index contributed by atoms with van der Waals surface area (Å²) in [4.78, 5) is 12.3. The Balaban J connectivity index is 1.81. The third-order valence-electron chi connectivity index (χ3n) is 4.96. The number of rotatable bonds is 2. The van der Waals surface area contributed by atoms with Gasteiger partial charge in [0.05, 0.1) is 11.1 Å². The maximum absolute atomic E-state index is 12.8. The lowest BCUT2D eigenvalue weighted by Crippen LogP contribution is -2.31. The first-order valence-corrected chi connectivity index (χ1v) is 7.82. The Morgan fingerprint density at radius 2 is 1.52 bits per heavy atom. The van der Waals surface area contributed by atoms with Gasteiger partial charge in [0.1, 0.15) is 0 Å². The van der Waals surface area contributed by atoms with Crippen LogP contribution in [0.25, 0.3) is 0 Å². The summed E-state index contributed by atoms with van der Waals surface area (Å²) in [7, 11) is 0. The van der Waals surface area contributed by atoms with E-state index in [0.29, 0.717) is 18.6 Å². The van der Waals surface area contributed by atoms with Crippen LogP contribution < -0.4 is 10.6 Å². The summed E-state index contributed by atoms with van der Waals surface area (Å²) in [5.74, 6) is -0.882. The van der Waals surface area contributed by atoms with Gasteiger partial charge in [-0.15, -0.1) is 0 Å². The van der Waals surface area contributed by atoms with Crippen LogP contribution in [-0.2, 0) is 17.1 Å². The van der Waals surface area contributed by atoms with Crippen LogP contribution in [-0.4, -0.2) is 19.0 Å². The van der Waals surface area contributed by atoms with Gasteiger partial charge in [-0.05, 0) is 56.0 Å². The molecule has 1 atom stereocenters. The first-order valence-electron chi connectivity index (χ1n) is 7.82. The van der Waals surface area contributed by atoms with Crippen molar-refractivity contribution in [2.24, 2.45) is 11.3 Å². The van der Waals surface area contributed by atoms with Crippen molar-refractivity contribution >= 4 is 11.6 Å². The molecule has 25 heavy (non-hydrogen) atoms. The van der Waals surface area contributed by atoms with E-state index in [-0.39, 0.29) is 17.4 Å². The number of carbonyl (C=O) groups is 1. The highest BCUT2D eigenvalue weighted by Gasteiger charge is 2.57. The Kier molecular flexibility index (Phi) is 4.25. The normalized spacial score (nSPS) is 22.7. The second kappa shape index (κ2) is 5.89. The predicted molar refractivity (Wildman–Crippen MR) is 77.7 cm³/mol. The molecule has 3 nitrogen and oxygen atoms in total. The van der Waals surface area contributed by atoms with Crippen LogP contribution in [0.3, 0.4) is 0 Å². The predicted octanol–water partition coefficient (Wildman–Crippen LogP) is 4.05. The molecule has 1 spiro atoms. The fourth-order valence-corrected chi connectivity index (χ4v) is 3.45. The summed E-state index contributed by atoms with van der Waals surface area (Å²) in [6.45, 7) is 1.51. The fourth-order valence-electron chi connectivity index (χ4n) is 3.45. The average Bonchev–Trinajstić information content (AvgIpc) is 3.19. The first-order chi connectivity index (χ1) is 11.5. The molecule has 1 heterocycles. The van der Waals surface area contributed by atoms with Gasteiger partial charge in [0.25, 0.3) is 0 Å². The van der Waals surface area contributed by atoms with E-state index in [0.717, 1.165) is 25.9 Å². The Hall–Kier alpha value is -1.77. The molecule has 1 saturated heterocycles. The quantitative estimate of drug-likeness (QED) is 0.776. The minimum atomic E-state index is -4.93. The lowest BCUT2D eigenvalue weighted by molar-refractivity contribution is -0.143. The van der Waals surface area contributed by atoms with E-state index in [9.17, 15) is 31.1 Å². The minimum absolute atomic E-state index is 0.0427. The van der Waals surface area contributed by atoms with Crippen LogP contribution in [0.4, 0.5) is 32.0 Å². The monoisotopic (exact) mass is 366 g/mol. The number of hydrogen-bond acceptors (Lipinski definition) is 2. The lowest BCUT2D eigenvalue weighted by atomic mass is 9.91. The molecular formula is C16H16F6N2O. The van der Waals surface area contributed by atoms with Gasteiger partial charge >= 0.3 is 12.4 Å². The van der Waals surface area contributed by atoms with Crippen LogP contribution >= 0.6 is 0 Å². The zero-order chi connectivity index (χ0) is 18.5. The number of nitrogens with one attached hydrogen (secondary N) is 2. The number of amides is 1. The molecule has 138 valence electrons. The van der Waals surface area contributed by atoms with Crippen molar-refractivity contribution in [3.8, 4) is 0 Å². The number of benzene rings is 1. The third-order valence-corrected chi connectivity index (χ3v) is 4.96. The summed E-state index contributed by atoms with van der Waals surface area (Å²) >= 11 is 0. The molecule has 1 aliphatic carbocycles. The zero-order valence-corrected chi connectivity index (χ0v) is 13.0. The fraction of sp³-hybridized carbons (Fsp3) is 0.562. The largest absolute Gasteiger partial charge is 0.416 e. The van der Waals surface area contributed by atoms with Gasteiger partial charge in [-0.1, -0.05) is 0 Å². The molecule has 1 saturated carbocycles. The van der Waals surface area contributed by atoms with E-state index in [1.807, 2.05) is 0 Å². The van der Waals surface area contributed by atoms with E-state index in [2.05, 4.69) is 10.6 Å². The first kappa shape index (κ1) is 18.0.